The van der Waals surface area contributed by atoms with Gasteiger partial charge in [0.25, 0.3) is 0 Å². The normalized spacial score (nSPS) is 12.8. The van der Waals surface area contributed by atoms with E-state index in [4.69, 9.17) is 9.84 Å². The molecular weight excluding hydrogens is 472 g/mol. The zero-order chi connectivity index (χ0) is 24.9. The summed E-state index contributed by atoms with van der Waals surface area (Å²) in [6.07, 6.45) is -10.4. The van der Waals surface area contributed by atoms with Crippen molar-refractivity contribution < 1.29 is 41.3 Å². The summed E-state index contributed by atoms with van der Waals surface area (Å²) in [5, 5.41) is 23.5. The topological polar surface area (TPSA) is 112 Å². The molecule has 1 heterocycles. The van der Waals surface area contributed by atoms with E-state index in [1.165, 1.54) is 12.1 Å². The molecule has 14 heteroatoms. The van der Waals surface area contributed by atoms with Gasteiger partial charge in [-0.2, -0.15) is 41.3 Å². The fraction of sp³-hybridized carbons (Fsp3) is 0.250. The first-order valence-electron chi connectivity index (χ1n) is 9.52. The number of ether oxygens (including phenoxy) is 1. The maximum Gasteiger partial charge on any atom is 0.416 e. The molecule has 0 unspecified atom stereocenters. The van der Waals surface area contributed by atoms with Crippen molar-refractivity contribution in [3.8, 4) is 11.8 Å². The van der Waals surface area contributed by atoms with Crippen LogP contribution in [-0.4, -0.2) is 44.4 Å². The second kappa shape index (κ2) is 10.1. The molecule has 0 saturated heterocycles. The smallest absolute Gasteiger partial charge is 0.416 e. The Kier molecular flexibility index (Phi) is 7.41. The maximum absolute atomic E-state index is 13.0. The number of aliphatic hydroxyl groups excluding tert-OH is 2. The average Bonchev–Trinajstić information content (AvgIpc) is 2.76. The number of hydrogen-bond acceptors (Lipinski definition) is 8. The van der Waals surface area contributed by atoms with Crippen molar-refractivity contribution in [2.75, 3.05) is 23.8 Å². The molecular formula is C20H17F6N5O3. The molecule has 1 atom stereocenters. The molecule has 0 spiro atoms. The zero-order valence-electron chi connectivity index (χ0n) is 17.0. The minimum atomic E-state index is -4.62. The lowest BCUT2D eigenvalue weighted by Crippen LogP contribution is -2.24. The van der Waals surface area contributed by atoms with Crippen LogP contribution >= 0.6 is 0 Å². The average molecular weight is 489 g/mol. The maximum atomic E-state index is 13.0. The van der Waals surface area contributed by atoms with Gasteiger partial charge in [-0.3, -0.25) is 0 Å². The minimum Gasteiger partial charge on any atom is -0.424 e. The van der Waals surface area contributed by atoms with Crippen LogP contribution in [0, 0.1) is 0 Å². The van der Waals surface area contributed by atoms with Gasteiger partial charge in [0.05, 0.1) is 23.8 Å². The van der Waals surface area contributed by atoms with Crippen LogP contribution in [0.2, 0.25) is 0 Å². The molecule has 0 aliphatic carbocycles. The monoisotopic (exact) mass is 489 g/mol. The number of nitrogens with zero attached hydrogens (tertiary/aromatic N) is 3. The van der Waals surface area contributed by atoms with E-state index in [1.807, 2.05) is 0 Å². The van der Waals surface area contributed by atoms with Gasteiger partial charge in [-0.15, -0.1) is 0 Å². The fourth-order valence-electron chi connectivity index (χ4n) is 2.55. The van der Waals surface area contributed by atoms with Crippen molar-refractivity contribution in [1.29, 1.82) is 0 Å². The highest BCUT2D eigenvalue weighted by atomic mass is 19.4. The van der Waals surface area contributed by atoms with Crippen molar-refractivity contribution in [3.63, 3.8) is 0 Å². The van der Waals surface area contributed by atoms with Crippen LogP contribution in [0.1, 0.15) is 11.1 Å². The summed E-state index contributed by atoms with van der Waals surface area (Å²) in [6, 6.07) is 7.54. The second-order valence-corrected chi connectivity index (χ2v) is 6.81. The van der Waals surface area contributed by atoms with Gasteiger partial charge in [-0.25, -0.2) is 0 Å². The summed E-state index contributed by atoms with van der Waals surface area (Å²) in [5.74, 6) is -0.774. The number of hydrogen-bond donors (Lipinski definition) is 4. The Morgan fingerprint density at radius 2 is 1.47 bits per heavy atom. The van der Waals surface area contributed by atoms with Crippen molar-refractivity contribution in [1.82, 2.24) is 15.0 Å². The SMILES string of the molecule is OC[C@@H](O)CNc1nc(Nc2cccc(C(F)(F)F)c2)nc(Oc2cccc(C(F)(F)F)c2)n1. The molecule has 182 valence electrons. The number of nitrogens with one attached hydrogen (secondary N) is 2. The summed E-state index contributed by atoms with van der Waals surface area (Å²) in [5.41, 5.74) is -1.95. The Morgan fingerprint density at radius 3 is 2.12 bits per heavy atom. The van der Waals surface area contributed by atoms with Crippen molar-refractivity contribution in [2.24, 2.45) is 0 Å². The van der Waals surface area contributed by atoms with Crippen LogP contribution in [0.4, 0.5) is 43.9 Å². The molecule has 0 fully saturated rings. The summed E-state index contributed by atoms with van der Waals surface area (Å²) in [7, 11) is 0. The molecule has 8 nitrogen and oxygen atoms in total. The van der Waals surface area contributed by atoms with E-state index in [9.17, 15) is 31.4 Å². The number of aromatic nitrogens is 3. The molecule has 4 N–H and O–H groups in total. The van der Waals surface area contributed by atoms with Crippen LogP contribution in [0.25, 0.3) is 0 Å². The summed E-state index contributed by atoms with van der Waals surface area (Å²) < 4.78 is 83.1. The van der Waals surface area contributed by atoms with Gasteiger partial charge in [0.15, 0.2) is 0 Å². The standard InChI is InChI=1S/C20H17F6N5O3/c21-19(22,23)11-3-1-5-13(7-11)28-17-29-16(27-9-14(33)10-32)30-18(31-17)34-15-6-2-4-12(8-15)20(24,25)26/h1-8,14,32-33H,9-10H2,(H2,27,28,29,30,31)/t14-/m0/s1. The Balaban J connectivity index is 1.91. The molecule has 2 aromatic carbocycles. The first kappa shape index (κ1) is 25.0. The molecule has 0 amide bonds. The van der Waals surface area contributed by atoms with Gasteiger partial charge in [-0.05, 0) is 36.4 Å². The summed E-state index contributed by atoms with van der Waals surface area (Å²) >= 11 is 0. The van der Waals surface area contributed by atoms with E-state index in [-0.39, 0.29) is 29.9 Å². The molecule has 34 heavy (non-hydrogen) atoms. The Morgan fingerprint density at radius 1 is 0.853 bits per heavy atom. The molecule has 0 aliphatic heterocycles. The quantitative estimate of drug-likeness (QED) is 0.348. The summed E-state index contributed by atoms with van der Waals surface area (Å²) in [6.45, 7) is -0.798. The van der Waals surface area contributed by atoms with E-state index < -0.39 is 42.2 Å². The molecule has 1 aromatic heterocycles. The van der Waals surface area contributed by atoms with E-state index in [0.29, 0.717) is 6.07 Å². The van der Waals surface area contributed by atoms with Gasteiger partial charge in [-0.1, -0.05) is 12.1 Å². The zero-order valence-corrected chi connectivity index (χ0v) is 17.0. The lowest BCUT2D eigenvalue weighted by molar-refractivity contribution is -0.138. The largest absolute Gasteiger partial charge is 0.424 e. The third-order valence-electron chi connectivity index (χ3n) is 4.14. The Hall–Kier alpha value is -3.65. The van der Waals surface area contributed by atoms with Gasteiger partial charge in [0.1, 0.15) is 5.75 Å². The van der Waals surface area contributed by atoms with Crippen molar-refractivity contribution in [3.05, 3.63) is 59.7 Å². The van der Waals surface area contributed by atoms with Gasteiger partial charge in [0.2, 0.25) is 11.9 Å². The van der Waals surface area contributed by atoms with Crippen molar-refractivity contribution >= 4 is 17.6 Å². The Labute approximate surface area is 188 Å². The first-order chi connectivity index (χ1) is 15.9. The van der Waals surface area contributed by atoms with E-state index >= 15 is 0 Å². The molecule has 0 radical (unpaired) electrons. The fourth-order valence-corrected chi connectivity index (χ4v) is 2.55. The second-order valence-electron chi connectivity index (χ2n) is 6.81. The first-order valence-corrected chi connectivity index (χ1v) is 9.52. The van der Waals surface area contributed by atoms with Crippen LogP contribution in [0.15, 0.2) is 48.5 Å². The number of anilines is 3. The lowest BCUT2D eigenvalue weighted by atomic mass is 10.2. The van der Waals surface area contributed by atoms with Gasteiger partial charge >= 0.3 is 18.4 Å². The van der Waals surface area contributed by atoms with Gasteiger partial charge in [0, 0.05) is 12.2 Å². The number of halogens is 6. The number of alkyl halides is 6. The molecule has 3 rings (SSSR count). The molecule has 0 saturated carbocycles. The third kappa shape index (κ3) is 6.92. The van der Waals surface area contributed by atoms with Crippen LogP contribution < -0.4 is 15.4 Å². The lowest BCUT2D eigenvalue weighted by Gasteiger charge is -2.13. The molecule has 3 aromatic rings. The van der Waals surface area contributed by atoms with Crippen LogP contribution in [-0.2, 0) is 12.4 Å². The predicted octanol–water partition coefficient (Wildman–Crippen LogP) is 4.21. The van der Waals surface area contributed by atoms with Gasteiger partial charge < -0.3 is 25.6 Å². The number of benzene rings is 2. The highest BCUT2D eigenvalue weighted by Crippen LogP contribution is 2.33. The predicted molar refractivity (Wildman–Crippen MR) is 108 cm³/mol. The number of aliphatic hydroxyl groups is 2. The highest BCUT2D eigenvalue weighted by molar-refractivity contribution is 5.56. The van der Waals surface area contributed by atoms with E-state index in [1.54, 1.807) is 0 Å². The minimum absolute atomic E-state index is 0.0348. The number of rotatable bonds is 8. The summed E-state index contributed by atoms with van der Waals surface area (Å²) in [4.78, 5) is 11.7. The molecule has 0 aliphatic rings. The highest BCUT2D eigenvalue weighted by Gasteiger charge is 2.31. The Bertz CT molecular complexity index is 1050. The van der Waals surface area contributed by atoms with E-state index in [0.717, 1.165) is 30.3 Å². The molecule has 0 bridgehead atoms. The van der Waals surface area contributed by atoms with Crippen LogP contribution in [0.5, 0.6) is 11.8 Å². The van der Waals surface area contributed by atoms with E-state index in [2.05, 4.69) is 25.6 Å². The van der Waals surface area contributed by atoms with Crippen LogP contribution in [0.3, 0.4) is 0 Å². The van der Waals surface area contributed by atoms with Crippen molar-refractivity contribution in [2.45, 2.75) is 18.5 Å². The third-order valence-corrected chi connectivity index (χ3v) is 4.14.